The number of hydrogen-bond donors (Lipinski definition) is 2. The van der Waals surface area contributed by atoms with E-state index < -0.39 is 12.0 Å². The molecule has 0 saturated heterocycles. The van der Waals surface area contributed by atoms with Crippen LogP contribution in [0.4, 0.5) is 4.79 Å². The first-order chi connectivity index (χ1) is 8.68. The number of aliphatic carboxylic acids is 1. The number of carbonyl (C=O) groups is 2. The number of rotatable bonds is 7. The van der Waals surface area contributed by atoms with E-state index in [1.807, 2.05) is 0 Å². The Morgan fingerprint density at radius 2 is 1.58 bits per heavy atom. The highest BCUT2D eigenvalue weighted by atomic mass is 16.4. The molecule has 0 aromatic rings. The second-order valence-electron chi connectivity index (χ2n) is 5.28. The van der Waals surface area contributed by atoms with Gasteiger partial charge in [0.25, 0.3) is 0 Å². The molecule has 0 fully saturated rings. The van der Waals surface area contributed by atoms with E-state index in [9.17, 15) is 9.59 Å². The molecule has 0 aliphatic heterocycles. The van der Waals surface area contributed by atoms with Crippen molar-refractivity contribution in [2.24, 2.45) is 0 Å². The molecule has 0 aromatic carbocycles. The fourth-order valence-electron chi connectivity index (χ4n) is 1.87. The number of nitrogens with zero attached hydrogens (tertiary/aromatic N) is 2. The average Bonchev–Trinajstić information content (AvgIpc) is 2.31. The van der Waals surface area contributed by atoms with Gasteiger partial charge in [0.1, 0.15) is 6.04 Å². The van der Waals surface area contributed by atoms with Crippen LogP contribution in [0, 0.1) is 0 Å². The van der Waals surface area contributed by atoms with E-state index in [2.05, 4.69) is 37.9 Å². The van der Waals surface area contributed by atoms with E-state index in [4.69, 9.17) is 5.11 Å². The maximum atomic E-state index is 11.7. The van der Waals surface area contributed by atoms with Crippen LogP contribution >= 0.6 is 0 Å². The van der Waals surface area contributed by atoms with Crippen molar-refractivity contribution in [2.45, 2.75) is 52.7 Å². The van der Waals surface area contributed by atoms with Crippen molar-refractivity contribution >= 4 is 12.0 Å². The van der Waals surface area contributed by atoms with Gasteiger partial charge in [-0.15, -0.1) is 0 Å². The molecule has 19 heavy (non-hydrogen) atoms. The van der Waals surface area contributed by atoms with Gasteiger partial charge in [0.2, 0.25) is 0 Å². The fraction of sp³-hybridized carbons (Fsp3) is 0.846. The van der Waals surface area contributed by atoms with Gasteiger partial charge in [0, 0.05) is 32.2 Å². The second-order valence-corrected chi connectivity index (χ2v) is 5.28. The first-order valence-electron chi connectivity index (χ1n) is 6.67. The summed E-state index contributed by atoms with van der Waals surface area (Å²) < 4.78 is 0. The van der Waals surface area contributed by atoms with Crippen LogP contribution in [0.3, 0.4) is 0 Å². The monoisotopic (exact) mass is 273 g/mol. The Labute approximate surface area is 115 Å². The molecule has 0 heterocycles. The molecule has 112 valence electrons. The maximum absolute atomic E-state index is 11.7. The molecular weight excluding hydrogens is 246 g/mol. The zero-order valence-electron chi connectivity index (χ0n) is 12.8. The second kappa shape index (κ2) is 7.99. The Balaban J connectivity index is 4.20. The van der Waals surface area contributed by atoms with Crippen LogP contribution in [0.5, 0.6) is 0 Å². The summed E-state index contributed by atoms with van der Waals surface area (Å²) in [5.74, 6) is -1.01. The lowest BCUT2D eigenvalue weighted by molar-refractivity contribution is -0.141. The van der Waals surface area contributed by atoms with Gasteiger partial charge >= 0.3 is 12.0 Å². The van der Waals surface area contributed by atoms with Crippen LogP contribution in [0.25, 0.3) is 0 Å². The quantitative estimate of drug-likeness (QED) is 0.731. The normalized spacial score (nSPS) is 12.9. The summed E-state index contributed by atoms with van der Waals surface area (Å²) in [6.45, 7) is 11.2. The van der Waals surface area contributed by atoms with Gasteiger partial charge in [0.05, 0.1) is 0 Å². The van der Waals surface area contributed by atoms with E-state index in [0.29, 0.717) is 18.6 Å². The third-order valence-electron chi connectivity index (χ3n) is 3.23. The molecule has 1 atom stereocenters. The van der Waals surface area contributed by atoms with E-state index in [1.54, 1.807) is 0 Å². The van der Waals surface area contributed by atoms with Crippen LogP contribution in [-0.4, -0.2) is 65.2 Å². The summed E-state index contributed by atoms with van der Waals surface area (Å²) in [4.78, 5) is 26.0. The number of carboxylic acids is 1. The first kappa shape index (κ1) is 17.7. The van der Waals surface area contributed by atoms with Crippen molar-refractivity contribution < 1.29 is 14.7 Å². The molecule has 0 rings (SSSR count). The Morgan fingerprint density at radius 3 is 1.95 bits per heavy atom. The largest absolute Gasteiger partial charge is 0.480 e. The van der Waals surface area contributed by atoms with Crippen molar-refractivity contribution in [3.8, 4) is 0 Å². The lowest BCUT2D eigenvalue weighted by Crippen LogP contribution is -2.48. The molecule has 1 unspecified atom stereocenters. The maximum Gasteiger partial charge on any atom is 0.326 e. The van der Waals surface area contributed by atoms with Crippen molar-refractivity contribution in [3.05, 3.63) is 0 Å². The lowest BCUT2D eigenvalue weighted by atomic mass is 10.2. The highest BCUT2D eigenvalue weighted by Gasteiger charge is 2.21. The number of carbonyl (C=O) groups excluding carboxylic acids is 1. The van der Waals surface area contributed by atoms with Gasteiger partial charge < -0.3 is 15.3 Å². The molecule has 2 N–H and O–H groups in total. The van der Waals surface area contributed by atoms with Crippen LogP contribution in [0.1, 0.15) is 34.6 Å². The van der Waals surface area contributed by atoms with Gasteiger partial charge in [-0.1, -0.05) is 0 Å². The molecule has 2 amide bonds. The average molecular weight is 273 g/mol. The summed E-state index contributed by atoms with van der Waals surface area (Å²) in [6, 6.07) is -0.367. The van der Waals surface area contributed by atoms with E-state index in [-0.39, 0.29) is 6.03 Å². The third kappa shape index (κ3) is 5.92. The van der Waals surface area contributed by atoms with Crippen molar-refractivity contribution in [2.75, 3.05) is 20.1 Å². The van der Waals surface area contributed by atoms with Crippen LogP contribution in [0.15, 0.2) is 0 Å². The van der Waals surface area contributed by atoms with Crippen molar-refractivity contribution in [3.63, 3.8) is 0 Å². The van der Waals surface area contributed by atoms with Gasteiger partial charge in [-0.3, -0.25) is 4.90 Å². The van der Waals surface area contributed by atoms with Crippen LogP contribution in [-0.2, 0) is 4.79 Å². The number of nitrogens with one attached hydrogen (secondary N) is 1. The first-order valence-corrected chi connectivity index (χ1v) is 6.67. The Hall–Kier alpha value is -1.30. The molecule has 0 saturated carbocycles. The number of hydrogen-bond acceptors (Lipinski definition) is 3. The van der Waals surface area contributed by atoms with E-state index >= 15 is 0 Å². The zero-order chi connectivity index (χ0) is 15.2. The highest BCUT2D eigenvalue weighted by molar-refractivity contribution is 5.82. The SMILES string of the molecule is CC(C(=O)O)N(C)C(=O)NCCN(C(C)C)C(C)C. The third-order valence-corrected chi connectivity index (χ3v) is 3.23. The highest BCUT2D eigenvalue weighted by Crippen LogP contribution is 2.03. The molecule has 0 radical (unpaired) electrons. The summed E-state index contributed by atoms with van der Waals surface area (Å²) in [5.41, 5.74) is 0. The Morgan fingerprint density at radius 1 is 1.11 bits per heavy atom. The standard InChI is InChI=1S/C13H27N3O3/c1-9(2)16(10(3)4)8-7-14-13(19)15(6)11(5)12(17)18/h9-11H,7-8H2,1-6H3,(H,14,19)(H,17,18). The molecule has 6 nitrogen and oxygen atoms in total. The molecule has 0 spiro atoms. The zero-order valence-corrected chi connectivity index (χ0v) is 12.8. The predicted octanol–water partition coefficient (Wildman–Crippen LogP) is 1.22. The lowest BCUT2D eigenvalue weighted by Gasteiger charge is -2.31. The van der Waals surface area contributed by atoms with Crippen molar-refractivity contribution in [1.82, 2.24) is 15.1 Å². The number of likely N-dealkylation sites (N-methyl/N-ethyl adjacent to an activating group) is 1. The van der Waals surface area contributed by atoms with Gasteiger partial charge in [-0.05, 0) is 34.6 Å². The molecule has 6 heteroatoms. The molecular formula is C13H27N3O3. The number of carboxylic acid groups (broad SMARTS) is 1. The number of amides is 2. The summed E-state index contributed by atoms with van der Waals surface area (Å²) >= 11 is 0. The van der Waals surface area contributed by atoms with E-state index in [0.717, 1.165) is 6.54 Å². The molecule has 0 aliphatic carbocycles. The minimum Gasteiger partial charge on any atom is -0.480 e. The molecule has 0 aromatic heterocycles. The fourth-order valence-corrected chi connectivity index (χ4v) is 1.87. The number of urea groups is 1. The Bertz CT molecular complexity index is 298. The van der Waals surface area contributed by atoms with Crippen LogP contribution < -0.4 is 5.32 Å². The predicted molar refractivity (Wildman–Crippen MR) is 75.2 cm³/mol. The van der Waals surface area contributed by atoms with E-state index in [1.165, 1.54) is 18.9 Å². The minimum atomic E-state index is -1.01. The topological polar surface area (TPSA) is 72.9 Å². The smallest absolute Gasteiger partial charge is 0.326 e. The summed E-state index contributed by atoms with van der Waals surface area (Å²) in [7, 11) is 1.48. The Kier molecular flexibility index (Phi) is 7.44. The van der Waals surface area contributed by atoms with Crippen LogP contribution in [0.2, 0.25) is 0 Å². The summed E-state index contributed by atoms with van der Waals surface area (Å²) in [6.07, 6.45) is 0. The molecule has 0 bridgehead atoms. The van der Waals surface area contributed by atoms with Gasteiger partial charge in [0.15, 0.2) is 0 Å². The van der Waals surface area contributed by atoms with Gasteiger partial charge in [-0.2, -0.15) is 0 Å². The minimum absolute atomic E-state index is 0.359. The van der Waals surface area contributed by atoms with Crippen molar-refractivity contribution in [1.29, 1.82) is 0 Å². The summed E-state index contributed by atoms with van der Waals surface area (Å²) in [5, 5.41) is 11.6. The van der Waals surface area contributed by atoms with Gasteiger partial charge in [-0.25, -0.2) is 9.59 Å². The molecule has 0 aliphatic rings.